The summed E-state index contributed by atoms with van der Waals surface area (Å²) in [4.78, 5) is 20.0. The monoisotopic (exact) mass is 505 g/mol. The number of fused-ring (bicyclic) bond motifs is 1. The number of anilines is 2. The maximum Gasteiger partial charge on any atom is 0.243 e. The largest absolute Gasteiger partial charge is 0.379 e. The van der Waals surface area contributed by atoms with Gasteiger partial charge in [-0.05, 0) is 61.4 Å². The molecule has 2 aliphatic heterocycles. The fraction of sp³-hybridized carbons (Fsp3) is 0.346. The number of sulfonamides is 1. The maximum absolute atomic E-state index is 13.0. The predicted octanol–water partition coefficient (Wildman–Crippen LogP) is 2.98. The topological polar surface area (TPSA) is 116 Å². The summed E-state index contributed by atoms with van der Waals surface area (Å²) in [5.41, 5.74) is 1.82. The van der Waals surface area contributed by atoms with Gasteiger partial charge in [-0.2, -0.15) is 9.57 Å². The molecule has 1 amide bonds. The highest BCUT2D eigenvalue weighted by molar-refractivity contribution is 7.89. The summed E-state index contributed by atoms with van der Waals surface area (Å²) in [5, 5.41) is 12.8. The first-order valence-corrected chi connectivity index (χ1v) is 13.4. The third-order valence-electron chi connectivity index (χ3n) is 6.63. The van der Waals surface area contributed by atoms with Crippen LogP contribution in [-0.2, 0) is 19.6 Å². The number of benzene rings is 2. The molecule has 2 saturated heterocycles. The van der Waals surface area contributed by atoms with Crippen LogP contribution in [0.3, 0.4) is 0 Å². The van der Waals surface area contributed by atoms with Gasteiger partial charge < -0.3 is 15.0 Å². The molecule has 0 radical (unpaired) electrons. The van der Waals surface area contributed by atoms with Crippen molar-refractivity contribution in [1.82, 2.24) is 9.29 Å². The van der Waals surface area contributed by atoms with Crippen LogP contribution in [0.2, 0.25) is 0 Å². The number of aromatic nitrogens is 1. The number of piperidine rings is 1. The summed E-state index contributed by atoms with van der Waals surface area (Å²) in [6.07, 6.45) is 1.63. The molecule has 5 rings (SSSR count). The molecular formula is C26H27N5O4S. The van der Waals surface area contributed by atoms with E-state index in [1.807, 2.05) is 12.1 Å². The van der Waals surface area contributed by atoms with E-state index >= 15 is 0 Å². The Kier molecular flexibility index (Phi) is 6.87. The molecule has 186 valence electrons. The minimum Gasteiger partial charge on any atom is -0.379 e. The van der Waals surface area contributed by atoms with E-state index in [4.69, 9.17) is 15.0 Å². The van der Waals surface area contributed by atoms with Crippen LogP contribution in [-0.4, -0.2) is 63.0 Å². The molecular weight excluding hydrogens is 478 g/mol. The standard InChI is InChI=1S/C26H27N5O4S/c27-17-19-3-1-5-22(15-19)28-26(32)21-4-2-10-30(18-21)25-9-6-20-16-23(7-8-24(20)29-25)36(33,34)31-11-13-35-14-12-31/h1,3,5-9,15-16,21H,2,4,10-14,18H2,(H,28,32). The van der Waals surface area contributed by atoms with E-state index in [-0.39, 0.29) is 16.7 Å². The number of nitrogens with one attached hydrogen (secondary N) is 1. The van der Waals surface area contributed by atoms with Crippen LogP contribution in [0.5, 0.6) is 0 Å². The Hall–Kier alpha value is -3.52. The second-order valence-electron chi connectivity index (χ2n) is 9.01. The van der Waals surface area contributed by atoms with Crippen molar-refractivity contribution in [2.24, 2.45) is 5.92 Å². The zero-order valence-electron chi connectivity index (χ0n) is 19.8. The van der Waals surface area contributed by atoms with E-state index in [2.05, 4.69) is 16.3 Å². The number of morpholine rings is 1. The fourth-order valence-electron chi connectivity index (χ4n) is 4.68. The molecule has 1 unspecified atom stereocenters. The second kappa shape index (κ2) is 10.2. The Labute approximate surface area is 210 Å². The van der Waals surface area contributed by atoms with Crippen molar-refractivity contribution in [2.45, 2.75) is 17.7 Å². The molecule has 2 aromatic carbocycles. The lowest BCUT2D eigenvalue weighted by molar-refractivity contribution is -0.120. The molecule has 1 atom stereocenters. The summed E-state index contributed by atoms with van der Waals surface area (Å²) in [5.74, 6) is 0.479. The smallest absolute Gasteiger partial charge is 0.243 e. The Morgan fingerprint density at radius 1 is 1.08 bits per heavy atom. The van der Waals surface area contributed by atoms with Gasteiger partial charge in [-0.15, -0.1) is 0 Å². The molecule has 10 heteroatoms. The summed E-state index contributed by atoms with van der Waals surface area (Å²) in [6, 6.07) is 17.7. The van der Waals surface area contributed by atoms with Gasteiger partial charge in [0, 0.05) is 37.3 Å². The van der Waals surface area contributed by atoms with Crippen molar-refractivity contribution in [3.05, 3.63) is 60.2 Å². The lowest BCUT2D eigenvalue weighted by atomic mass is 9.97. The number of ether oxygens (including phenoxy) is 1. The first-order chi connectivity index (χ1) is 17.4. The minimum atomic E-state index is -3.58. The predicted molar refractivity (Wildman–Crippen MR) is 136 cm³/mol. The van der Waals surface area contributed by atoms with Crippen LogP contribution in [0.1, 0.15) is 18.4 Å². The van der Waals surface area contributed by atoms with Crippen molar-refractivity contribution in [3.63, 3.8) is 0 Å². The van der Waals surface area contributed by atoms with Gasteiger partial charge >= 0.3 is 0 Å². The average molecular weight is 506 g/mol. The number of amides is 1. The molecule has 0 bridgehead atoms. The molecule has 3 aromatic rings. The first kappa shape index (κ1) is 24.2. The maximum atomic E-state index is 13.0. The first-order valence-electron chi connectivity index (χ1n) is 12.0. The summed E-state index contributed by atoms with van der Waals surface area (Å²) >= 11 is 0. The number of hydrogen-bond donors (Lipinski definition) is 1. The SMILES string of the molecule is N#Cc1cccc(NC(=O)C2CCCN(c3ccc4cc(S(=O)(=O)N5CCOCC5)ccc4n3)C2)c1. The van der Waals surface area contributed by atoms with E-state index in [0.717, 1.165) is 30.6 Å². The van der Waals surface area contributed by atoms with Crippen LogP contribution in [0, 0.1) is 17.2 Å². The highest BCUT2D eigenvalue weighted by Crippen LogP contribution is 2.27. The van der Waals surface area contributed by atoms with Gasteiger partial charge in [0.15, 0.2) is 0 Å². The quantitative estimate of drug-likeness (QED) is 0.567. The summed E-state index contributed by atoms with van der Waals surface area (Å²) in [6.45, 7) is 2.83. The highest BCUT2D eigenvalue weighted by Gasteiger charge is 2.28. The van der Waals surface area contributed by atoms with Gasteiger partial charge in [-0.3, -0.25) is 4.79 Å². The average Bonchev–Trinajstić information content (AvgIpc) is 2.93. The molecule has 36 heavy (non-hydrogen) atoms. The van der Waals surface area contributed by atoms with Crippen molar-refractivity contribution >= 4 is 38.3 Å². The highest BCUT2D eigenvalue weighted by atomic mass is 32.2. The van der Waals surface area contributed by atoms with E-state index in [1.165, 1.54) is 4.31 Å². The molecule has 0 spiro atoms. The van der Waals surface area contributed by atoms with Gasteiger partial charge in [0.2, 0.25) is 15.9 Å². The van der Waals surface area contributed by atoms with E-state index in [9.17, 15) is 13.2 Å². The molecule has 0 saturated carbocycles. The van der Waals surface area contributed by atoms with Crippen molar-refractivity contribution in [2.75, 3.05) is 49.6 Å². The molecule has 9 nitrogen and oxygen atoms in total. The normalized spacial score (nSPS) is 19.1. The summed E-state index contributed by atoms with van der Waals surface area (Å²) in [7, 11) is -3.58. The van der Waals surface area contributed by atoms with Crippen LogP contribution >= 0.6 is 0 Å². The van der Waals surface area contributed by atoms with Crippen LogP contribution in [0.4, 0.5) is 11.5 Å². The Morgan fingerprint density at radius 2 is 1.92 bits per heavy atom. The third kappa shape index (κ3) is 5.04. The molecule has 1 N–H and O–H groups in total. The number of pyridine rings is 1. The zero-order valence-corrected chi connectivity index (χ0v) is 20.6. The molecule has 2 aliphatic rings. The van der Waals surface area contributed by atoms with Gasteiger partial charge in [0.1, 0.15) is 5.82 Å². The molecule has 0 aliphatic carbocycles. The molecule has 2 fully saturated rings. The number of carbonyl (C=O) groups is 1. The lowest BCUT2D eigenvalue weighted by Gasteiger charge is -2.33. The molecule has 1 aromatic heterocycles. The van der Waals surface area contributed by atoms with Gasteiger partial charge in [-0.1, -0.05) is 6.07 Å². The second-order valence-corrected chi connectivity index (χ2v) is 10.9. The zero-order chi connectivity index (χ0) is 25.1. The van der Waals surface area contributed by atoms with E-state index in [1.54, 1.807) is 42.5 Å². The van der Waals surface area contributed by atoms with Gasteiger partial charge in [0.25, 0.3) is 0 Å². The number of carbonyl (C=O) groups excluding carboxylic acids is 1. The van der Waals surface area contributed by atoms with E-state index < -0.39 is 10.0 Å². The van der Waals surface area contributed by atoms with Crippen LogP contribution < -0.4 is 10.2 Å². The van der Waals surface area contributed by atoms with Gasteiger partial charge in [-0.25, -0.2) is 13.4 Å². The lowest BCUT2D eigenvalue weighted by Crippen LogP contribution is -2.41. The third-order valence-corrected chi connectivity index (χ3v) is 8.52. The van der Waals surface area contributed by atoms with Crippen molar-refractivity contribution in [1.29, 1.82) is 5.26 Å². The van der Waals surface area contributed by atoms with Crippen LogP contribution in [0.25, 0.3) is 10.9 Å². The van der Waals surface area contributed by atoms with Crippen molar-refractivity contribution < 1.29 is 17.9 Å². The summed E-state index contributed by atoms with van der Waals surface area (Å²) < 4.78 is 32.7. The Balaban J connectivity index is 1.30. The van der Waals surface area contributed by atoms with E-state index in [0.29, 0.717) is 49.6 Å². The Morgan fingerprint density at radius 3 is 2.72 bits per heavy atom. The van der Waals surface area contributed by atoms with Gasteiger partial charge in [0.05, 0.1) is 41.2 Å². The number of nitriles is 1. The number of hydrogen-bond acceptors (Lipinski definition) is 7. The number of rotatable bonds is 5. The van der Waals surface area contributed by atoms with Crippen molar-refractivity contribution in [3.8, 4) is 6.07 Å². The van der Waals surface area contributed by atoms with Crippen LogP contribution in [0.15, 0.2) is 59.5 Å². The Bertz CT molecular complexity index is 1430. The number of nitrogens with zero attached hydrogens (tertiary/aromatic N) is 4. The fourth-order valence-corrected chi connectivity index (χ4v) is 6.12. The molecule has 3 heterocycles. The minimum absolute atomic E-state index is 0.0754.